The van der Waals surface area contributed by atoms with E-state index < -0.39 is 0 Å². The molecule has 3 aromatic rings. The van der Waals surface area contributed by atoms with Crippen LogP contribution in [0.5, 0.6) is 5.75 Å². The van der Waals surface area contributed by atoms with E-state index in [0.29, 0.717) is 12.1 Å². The molecular formula is C29H37N3O2. The van der Waals surface area contributed by atoms with Gasteiger partial charge in [-0.2, -0.15) is 0 Å². The summed E-state index contributed by atoms with van der Waals surface area (Å²) in [4.78, 5) is 8.64. The summed E-state index contributed by atoms with van der Waals surface area (Å²) in [5.74, 6) is 0.941. The van der Waals surface area contributed by atoms with Crippen LogP contribution in [0.25, 0.3) is 10.9 Å². The summed E-state index contributed by atoms with van der Waals surface area (Å²) in [6.07, 6.45) is 3.99. The molecule has 0 radical (unpaired) electrons. The number of fused-ring (bicyclic) bond motifs is 3. The monoisotopic (exact) mass is 459 g/mol. The number of nitrogens with zero attached hydrogens (tertiary/aromatic N) is 2. The Morgan fingerprint density at radius 2 is 1.91 bits per heavy atom. The van der Waals surface area contributed by atoms with Gasteiger partial charge in [0.15, 0.2) is 0 Å². The molecule has 2 N–H and O–H groups in total. The summed E-state index contributed by atoms with van der Waals surface area (Å²) < 4.78 is 6.23. The van der Waals surface area contributed by atoms with E-state index in [1.165, 1.54) is 34.1 Å². The lowest BCUT2D eigenvalue weighted by Gasteiger charge is -2.44. The van der Waals surface area contributed by atoms with Gasteiger partial charge in [-0.1, -0.05) is 43.8 Å². The van der Waals surface area contributed by atoms with Gasteiger partial charge in [-0.15, -0.1) is 0 Å². The number of hydrogen-bond acceptors (Lipinski definition) is 4. The molecule has 2 aliphatic rings. The second-order valence-electron chi connectivity index (χ2n) is 9.89. The Labute approximate surface area is 203 Å². The van der Waals surface area contributed by atoms with Crippen LogP contribution in [0.15, 0.2) is 60.8 Å². The standard InChI is InChI=1S/C29H37N3O2/c1-4-15-31-18-24(19-31)34-23-13-11-22(12-14-23)29-28-26(25-9-5-6-10-27(25)30-28)17-21(3)32(29)20(2)8-7-16-33/h5-6,9-14,21,24,29-30,33H,2,4,7-8,15-19H2,1,3H3/t21-,29-/m0/s1. The first-order chi connectivity index (χ1) is 16.6. The Balaban J connectivity index is 1.44. The number of allylic oxidation sites excluding steroid dienone is 1. The van der Waals surface area contributed by atoms with Crippen LogP contribution < -0.4 is 4.74 Å². The van der Waals surface area contributed by atoms with E-state index in [-0.39, 0.29) is 12.6 Å². The van der Waals surface area contributed by atoms with Crippen LogP contribution in [-0.4, -0.2) is 58.3 Å². The summed E-state index contributed by atoms with van der Waals surface area (Å²) in [6.45, 7) is 12.3. The molecule has 0 spiro atoms. The molecular weight excluding hydrogens is 422 g/mol. The number of benzene rings is 2. The maximum absolute atomic E-state index is 9.41. The fraction of sp³-hybridized carbons (Fsp3) is 0.448. The Bertz CT molecular complexity index is 1130. The summed E-state index contributed by atoms with van der Waals surface area (Å²) in [5, 5.41) is 10.7. The van der Waals surface area contributed by atoms with Gasteiger partial charge in [0.05, 0.1) is 6.04 Å². The van der Waals surface area contributed by atoms with Crippen molar-refractivity contribution < 1.29 is 9.84 Å². The minimum absolute atomic E-state index is 0.0649. The third-order valence-electron chi connectivity index (χ3n) is 7.32. The zero-order valence-electron chi connectivity index (χ0n) is 20.5. The minimum Gasteiger partial charge on any atom is -0.488 e. The predicted molar refractivity (Wildman–Crippen MR) is 138 cm³/mol. The van der Waals surface area contributed by atoms with E-state index in [4.69, 9.17) is 4.74 Å². The van der Waals surface area contributed by atoms with Crippen molar-refractivity contribution >= 4 is 10.9 Å². The molecule has 5 rings (SSSR count). The predicted octanol–water partition coefficient (Wildman–Crippen LogP) is 5.26. The van der Waals surface area contributed by atoms with Crippen molar-refractivity contribution in [3.05, 3.63) is 77.6 Å². The largest absolute Gasteiger partial charge is 0.488 e. The molecule has 0 amide bonds. The van der Waals surface area contributed by atoms with Crippen LogP contribution in [0.3, 0.4) is 0 Å². The maximum Gasteiger partial charge on any atom is 0.124 e. The highest BCUT2D eigenvalue weighted by Gasteiger charge is 2.36. The Hall–Kier alpha value is -2.76. The van der Waals surface area contributed by atoms with Crippen LogP contribution in [-0.2, 0) is 6.42 Å². The number of hydrogen-bond donors (Lipinski definition) is 2. The highest BCUT2D eigenvalue weighted by molar-refractivity contribution is 5.85. The average Bonchev–Trinajstić information content (AvgIpc) is 3.19. The lowest BCUT2D eigenvalue weighted by Crippen LogP contribution is -2.53. The summed E-state index contributed by atoms with van der Waals surface area (Å²) in [6, 6.07) is 17.6. The number of aromatic amines is 1. The fourth-order valence-electron chi connectivity index (χ4n) is 5.71. The number of aliphatic hydroxyl groups excluding tert-OH is 1. The van der Waals surface area contributed by atoms with Crippen molar-refractivity contribution in [2.24, 2.45) is 0 Å². The maximum atomic E-state index is 9.41. The molecule has 5 nitrogen and oxygen atoms in total. The zero-order chi connectivity index (χ0) is 23.7. The third-order valence-corrected chi connectivity index (χ3v) is 7.32. The number of likely N-dealkylation sites (tertiary alicyclic amines) is 1. The second kappa shape index (κ2) is 9.85. The molecule has 1 aromatic heterocycles. The molecule has 34 heavy (non-hydrogen) atoms. The number of aliphatic hydroxyl groups is 1. The molecule has 0 saturated carbocycles. The first kappa shape index (κ1) is 23.0. The smallest absolute Gasteiger partial charge is 0.124 e. The van der Waals surface area contributed by atoms with Crippen LogP contribution in [0.4, 0.5) is 0 Å². The van der Waals surface area contributed by atoms with E-state index in [1.807, 2.05) is 0 Å². The summed E-state index contributed by atoms with van der Waals surface area (Å²) in [7, 11) is 0. The van der Waals surface area contributed by atoms with E-state index in [1.54, 1.807) is 0 Å². The molecule has 2 atom stereocenters. The van der Waals surface area contributed by atoms with Gasteiger partial charge in [0.2, 0.25) is 0 Å². The van der Waals surface area contributed by atoms with Gasteiger partial charge < -0.3 is 19.7 Å². The topological polar surface area (TPSA) is 51.7 Å². The molecule has 1 fully saturated rings. The Morgan fingerprint density at radius 1 is 1.15 bits per heavy atom. The van der Waals surface area contributed by atoms with Crippen LogP contribution >= 0.6 is 0 Å². The molecule has 180 valence electrons. The van der Waals surface area contributed by atoms with Gasteiger partial charge in [-0.05, 0) is 68.5 Å². The number of ether oxygens (including phenoxy) is 1. The first-order valence-corrected chi connectivity index (χ1v) is 12.7. The number of nitrogens with one attached hydrogen (secondary N) is 1. The van der Waals surface area contributed by atoms with Gasteiger partial charge in [0.1, 0.15) is 11.9 Å². The van der Waals surface area contributed by atoms with E-state index in [9.17, 15) is 5.11 Å². The number of aromatic nitrogens is 1. The van der Waals surface area contributed by atoms with Crippen molar-refractivity contribution in [2.75, 3.05) is 26.2 Å². The molecule has 2 aliphatic heterocycles. The van der Waals surface area contributed by atoms with E-state index >= 15 is 0 Å². The van der Waals surface area contributed by atoms with Crippen molar-refractivity contribution in [2.45, 2.75) is 57.7 Å². The van der Waals surface area contributed by atoms with Gasteiger partial charge >= 0.3 is 0 Å². The van der Waals surface area contributed by atoms with Gasteiger partial charge in [0, 0.05) is 48.0 Å². The number of H-pyrrole nitrogens is 1. The molecule has 0 aliphatic carbocycles. The number of para-hydroxylation sites is 1. The van der Waals surface area contributed by atoms with Gasteiger partial charge in [0.25, 0.3) is 0 Å². The summed E-state index contributed by atoms with van der Waals surface area (Å²) >= 11 is 0. The molecule has 2 aromatic carbocycles. The highest BCUT2D eigenvalue weighted by atomic mass is 16.5. The average molecular weight is 460 g/mol. The van der Waals surface area contributed by atoms with E-state index in [0.717, 1.165) is 50.3 Å². The molecule has 3 heterocycles. The Kier molecular flexibility index (Phi) is 6.66. The summed E-state index contributed by atoms with van der Waals surface area (Å²) in [5.41, 5.74) is 6.17. The third kappa shape index (κ3) is 4.35. The molecule has 0 bridgehead atoms. The first-order valence-electron chi connectivity index (χ1n) is 12.7. The zero-order valence-corrected chi connectivity index (χ0v) is 20.5. The minimum atomic E-state index is 0.0649. The SMILES string of the molecule is C=C(CCCO)N1[C@@H](c2ccc(OC3CN(CCC)C3)cc2)c2[nH]c3ccccc3c2C[C@@H]1C. The van der Waals surface area contributed by atoms with Crippen LogP contribution in [0.2, 0.25) is 0 Å². The molecule has 0 unspecified atom stereocenters. The normalized spacial score (nSPS) is 20.9. The van der Waals surface area contributed by atoms with E-state index in [2.05, 4.69) is 83.7 Å². The Morgan fingerprint density at radius 3 is 2.65 bits per heavy atom. The lowest BCUT2D eigenvalue weighted by molar-refractivity contribution is 0.0202. The fourth-order valence-corrected chi connectivity index (χ4v) is 5.71. The van der Waals surface area contributed by atoms with Gasteiger partial charge in [-0.3, -0.25) is 4.90 Å². The lowest BCUT2D eigenvalue weighted by atomic mass is 9.87. The van der Waals surface area contributed by atoms with Crippen molar-refractivity contribution in [3.8, 4) is 5.75 Å². The van der Waals surface area contributed by atoms with Crippen LogP contribution in [0, 0.1) is 0 Å². The van der Waals surface area contributed by atoms with Crippen molar-refractivity contribution in [3.63, 3.8) is 0 Å². The quantitative estimate of drug-likeness (QED) is 0.458. The second-order valence-corrected chi connectivity index (χ2v) is 9.89. The van der Waals surface area contributed by atoms with Crippen LogP contribution in [0.1, 0.15) is 56.0 Å². The number of rotatable bonds is 9. The molecule has 5 heteroatoms. The van der Waals surface area contributed by atoms with Crippen molar-refractivity contribution in [1.82, 2.24) is 14.8 Å². The highest BCUT2D eigenvalue weighted by Crippen LogP contribution is 2.43. The van der Waals surface area contributed by atoms with Crippen molar-refractivity contribution in [1.29, 1.82) is 0 Å². The van der Waals surface area contributed by atoms with Gasteiger partial charge in [-0.25, -0.2) is 0 Å². The molecule has 1 saturated heterocycles.